The molecular weight excluding hydrogens is 305 g/mol. The minimum Gasteiger partial charge on any atom is -0.240 e. The maximum atomic E-state index is 12.8. The van der Waals surface area contributed by atoms with E-state index in [0.717, 1.165) is 6.20 Å². The molecule has 0 radical (unpaired) electrons. The zero-order valence-corrected chi connectivity index (χ0v) is 8.41. The van der Waals surface area contributed by atoms with Gasteiger partial charge in [-0.3, -0.25) is 0 Å². The third-order valence-electron chi connectivity index (χ3n) is 1.18. The summed E-state index contributed by atoms with van der Waals surface area (Å²) >= 11 is 6.78. The number of rotatable bonds is 1. The highest BCUT2D eigenvalue weighted by molar-refractivity contribution is 14.1. The van der Waals surface area contributed by atoms with Gasteiger partial charge in [0.2, 0.25) is 0 Å². The highest BCUT2D eigenvalue weighted by Crippen LogP contribution is 2.29. The first-order valence-corrected chi connectivity index (χ1v) is 4.27. The molecule has 0 aliphatic carbocycles. The summed E-state index contributed by atoms with van der Waals surface area (Å²) in [7, 11) is 0. The van der Waals surface area contributed by atoms with Gasteiger partial charge in [-0.2, -0.15) is 0 Å². The molecule has 0 aliphatic rings. The van der Waals surface area contributed by atoms with Crippen molar-refractivity contribution in [3.05, 3.63) is 26.3 Å². The van der Waals surface area contributed by atoms with Gasteiger partial charge in [-0.25, -0.2) is 18.2 Å². The SMILES string of the molecule is Fc1c(Cl)ncc(I)c1C(F)F. The number of pyridine rings is 1. The first-order chi connectivity index (χ1) is 5.54. The van der Waals surface area contributed by atoms with E-state index in [1.165, 1.54) is 0 Å². The molecule has 0 spiro atoms. The van der Waals surface area contributed by atoms with Crippen LogP contribution in [0.25, 0.3) is 0 Å². The Bertz CT molecular complexity index is 305. The Labute approximate surface area is 85.1 Å². The van der Waals surface area contributed by atoms with Crippen LogP contribution in [0.15, 0.2) is 6.20 Å². The molecule has 1 rings (SSSR count). The van der Waals surface area contributed by atoms with Crippen molar-refractivity contribution < 1.29 is 13.2 Å². The average molecular weight is 307 g/mol. The summed E-state index contributed by atoms with van der Waals surface area (Å²) in [5.74, 6) is -1.14. The van der Waals surface area contributed by atoms with Crippen LogP contribution in [0.3, 0.4) is 0 Å². The van der Waals surface area contributed by atoms with Crippen molar-refractivity contribution in [2.75, 3.05) is 0 Å². The van der Waals surface area contributed by atoms with Gasteiger partial charge in [0, 0.05) is 9.77 Å². The van der Waals surface area contributed by atoms with Gasteiger partial charge in [-0.1, -0.05) is 11.6 Å². The summed E-state index contributed by atoms with van der Waals surface area (Å²) in [6.45, 7) is 0. The molecule has 0 unspecified atom stereocenters. The molecule has 1 aromatic rings. The van der Waals surface area contributed by atoms with Crippen LogP contribution in [-0.2, 0) is 0 Å². The molecule has 0 saturated heterocycles. The molecule has 0 atom stereocenters. The number of aromatic nitrogens is 1. The monoisotopic (exact) mass is 307 g/mol. The van der Waals surface area contributed by atoms with Gasteiger partial charge in [-0.05, 0) is 22.6 Å². The topological polar surface area (TPSA) is 12.9 Å². The van der Waals surface area contributed by atoms with Crippen molar-refractivity contribution in [1.29, 1.82) is 0 Å². The molecule has 0 amide bonds. The van der Waals surface area contributed by atoms with E-state index < -0.39 is 23.0 Å². The molecule has 66 valence electrons. The third-order valence-corrected chi connectivity index (χ3v) is 2.31. The molecule has 0 aromatic carbocycles. The fourth-order valence-electron chi connectivity index (χ4n) is 0.656. The number of nitrogens with zero attached hydrogens (tertiary/aromatic N) is 1. The summed E-state index contributed by atoms with van der Waals surface area (Å²) in [4.78, 5) is 3.37. The zero-order chi connectivity index (χ0) is 9.30. The van der Waals surface area contributed by atoms with Crippen LogP contribution in [0, 0.1) is 9.39 Å². The molecule has 0 bridgehead atoms. The number of hydrogen-bond donors (Lipinski definition) is 0. The van der Waals surface area contributed by atoms with E-state index in [0.29, 0.717) is 0 Å². The molecular formula is C6H2ClF3IN. The second kappa shape index (κ2) is 3.78. The van der Waals surface area contributed by atoms with Crippen molar-refractivity contribution in [1.82, 2.24) is 4.98 Å². The number of alkyl halides is 2. The predicted octanol–water partition coefficient (Wildman–Crippen LogP) is 3.42. The van der Waals surface area contributed by atoms with Gasteiger partial charge in [0.05, 0.1) is 5.56 Å². The Morgan fingerprint density at radius 3 is 2.50 bits per heavy atom. The fraction of sp³-hybridized carbons (Fsp3) is 0.167. The summed E-state index contributed by atoms with van der Waals surface area (Å²) < 4.78 is 37.2. The van der Waals surface area contributed by atoms with Gasteiger partial charge in [0.1, 0.15) is 0 Å². The summed E-state index contributed by atoms with van der Waals surface area (Å²) in [6, 6.07) is 0. The van der Waals surface area contributed by atoms with Gasteiger partial charge < -0.3 is 0 Å². The fourth-order valence-corrected chi connectivity index (χ4v) is 1.42. The van der Waals surface area contributed by atoms with Gasteiger partial charge in [-0.15, -0.1) is 0 Å². The van der Waals surface area contributed by atoms with E-state index in [-0.39, 0.29) is 3.57 Å². The first kappa shape index (κ1) is 10.0. The van der Waals surface area contributed by atoms with Crippen molar-refractivity contribution in [3.63, 3.8) is 0 Å². The quantitative estimate of drug-likeness (QED) is 0.572. The van der Waals surface area contributed by atoms with Gasteiger partial charge in [0.15, 0.2) is 11.0 Å². The van der Waals surface area contributed by atoms with Crippen molar-refractivity contribution in [2.45, 2.75) is 6.43 Å². The lowest BCUT2D eigenvalue weighted by Crippen LogP contribution is -1.97. The van der Waals surface area contributed by atoms with Crippen LogP contribution in [0.5, 0.6) is 0 Å². The molecule has 0 saturated carbocycles. The number of hydrogen-bond acceptors (Lipinski definition) is 1. The maximum Gasteiger partial charge on any atom is 0.267 e. The smallest absolute Gasteiger partial charge is 0.240 e. The second-order valence-corrected chi connectivity index (χ2v) is 3.45. The van der Waals surface area contributed by atoms with Crippen molar-refractivity contribution in [3.8, 4) is 0 Å². The summed E-state index contributed by atoms with van der Waals surface area (Å²) in [5.41, 5.74) is -0.685. The highest BCUT2D eigenvalue weighted by atomic mass is 127. The summed E-state index contributed by atoms with van der Waals surface area (Å²) in [6.07, 6.45) is -1.76. The molecule has 6 heteroatoms. The Morgan fingerprint density at radius 1 is 1.50 bits per heavy atom. The average Bonchev–Trinajstić information content (AvgIpc) is 1.97. The van der Waals surface area contributed by atoms with Crippen molar-refractivity contribution in [2.24, 2.45) is 0 Å². The standard InChI is InChI=1S/C6H2ClF3IN/c7-5-4(8)3(6(9)10)2(11)1-12-5/h1,6H. The van der Waals surface area contributed by atoms with E-state index in [4.69, 9.17) is 11.6 Å². The lowest BCUT2D eigenvalue weighted by atomic mass is 10.3. The minimum absolute atomic E-state index is 0.0736. The predicted molar refractivity (Wildman–Crippen MR) is 46.9 cm³/mol. The molecule has 12 heavy (non-hydrogen) atoms. The Morgan fingerprint density at radius 2 is 2.08 bits per heavy atom. The normalized spacial score (nSPS) is 10.8. The van der Waals surface area contributed by atoms with Crippen molar-refractivity contribution >= 4 is 34.2 Å². The summed E-state index contributed by atoms with van der Waals surface area (Å²) in [5, 5.41) is -0.522. The van der Waals surface area contributed by atoms with E-state index in [1.54, 1.807) is 22.6 Å². The molecule has 0 fully saturated rings. The van der Waals surface area contributed by atoms with Gasteiger partial charge in [0.25, 0.3) is 6.43 Å². The Kier molecular flexibility index (Phi) is 3.16. The van der Waals surface area contributed by atoms with Gasteiger partial charge >= 0.3 is 0 Å². The molecule has 0 N–H and O–H groups in total. The van der Waals surface area contributed by atoms with E-state index >= 15 is 0 Å². The van der Waals surface area contributed by atoms with Crippen LogP contribution >= 0.6 is 34.2 Å². The number of halogens is 5. The van der Waals surface area contributed by atoms with Crippen LogP contribution in [0.4, 0.5) is 13.2 Å². The van der Waals surface area contributed by atoms with E-state index in [1.807, 2.05) is 0 Å². The van der Waals surface area contributed by atoms with Crippen LogP contribution < -0.4 is 0 Å². The van der Waals surface area contributed by atoms with Crippen LogP contribution in [-0.4, -0.2) is 4.98 Å². The van der Waals surface area contributed by atoms with E-state index in [9.17, 15) is 13.2 Å². The van der Waals surface area contributed by atoms with Crippen LogP contribution in [0.2, 0.25) is 5.15 Å². The maximum absolute atomic E-state index is 12.8. The Hall–Kier alpha value is -0.0400. The molecule has 1 nitrogen and oxygen atoms in total. The first-order valence-electron chi connectivity index (χ1n) is 2.81. The lowest BCUT2D eigenvalue weighted by molar-refractivity contribution is 0.145. The molecule has 1 aromatic heterocycles. The molecule has 1 heterocycles. The third kappa shape index (κ3) is 1.82. The molecule has 0 aliphatic heterocycles. The lowest BCUT2D eigenvalue weighted by Gasteiger charge is -2.04. The largest absolute Gasteiger partial charge is 0.267 e. The van der Waals surface area contributed by atoms with Crippen LogP contribution in [0.1, 0.15) is 12.0 Å². The minimum atomic E-state index is -2.86. The zero-order valence-electron chi connectivity index (χ0n) is 5.49. The highest BCUT2D eigenvalue weighted by Gasteiger charge is 2.20. The van der Waals surface area contributed by atoms with E-state index in [2.05, 4.69) is 4.98 Å². The Balaban J connectivity index is 3.33. The second-order valence-electron chi connectivity index (χ2n) is 1.93.